The zero-order chi connectivity index (χ0) is 14.5. The van der Waals surface area contributed by atoms with Crippen molar-refractivity contribution in [1.29, 1.82) is 0 Å². The average molecular weight is 343 g/mol. The average Bonchev–Trinajstić information content (AvgIpc) is 2.46. The van der Waals surface area contributed by atoms with E-state index in [1.165, 1.54) is 25.3 Å². The lowest BCUT2D eigenvalue weighted by molar-refractivity contribution is 0.284. The minimum absolute atomic E-state index is 0.0413. The molecular weight excluding hydrogens is 330 g/mol. The normalized spacial score (nSPS) is 10.4. The van der Waals surface area contributed by atoms with Gasteiger partial charge in [0.1, 0.15) is 18.2 Å². The summed E-state index contributed by atoms with van der Waals surface area (Å²) in [7, 11) is 1.46. The highest BCUT2D eigenvalue weighted by Gasteiger charge is 2.08. The first-order chi connectivity index (χ1) is 9.63. The van der Waals surface area contributed by atoms with Crippen LogP contribution in [0.15, 0.2) is 36.4 Å². The van der Waals surface area contributed by atoms with Crippen LogP contribution in [0.3, 0.4) is 0 Å². The van der Waals surface area contributed by atoms with E-state index in [2.05, 4.69) is 15.9 Å². The van der Waals surface area contributed by atoms with Crippen molar-refractivity contribution in [2.75, 3.05) is 7.11 Å². The summed E-state index contributed by atoms with van der Waals surface area (Å²) in [6.45, 7) is -0.0413. The van der Waals surface area contributed by atoms with Gasteiger partial charge in [-0.05, 0) is 29.8 Å². The maximum Gasteiger partial charge on any atom is 0.165 e. The maximum absolute atomic E-state index is 13.7. The van der Waals surface area contributed by atoms with E-state index in [0.717, 1.165) is 5.56 Å². The molecule has 0 spiro atoms. The topological polar surface area (TPSA) is 18.5 Å². The SMILES string of the molecule is COc1ccc(COc2ccc(CBr)cc2F)c(F)c1. The third kappa shape index (κ3) is 3.48. The van der Waals surface area contributed by atoms with Gasteiger partial charge < -0.3 is 9.47 Å². The third-order valence-electron chi connectivity index (χ3n) is 2.79. The summed E-state index contributed by atoms with van der Waals surface area (Å²) < 4.78 is 37.6. The fourth-order valence-corrected chi connectivity index (χ4v) is 2.02. The fourth-order valence-electron chi connectivity index (χ4n) is 1.67. The lowest BCUT2D eigenvalue weighted by Crippen LogP contribution is -2.00. The van der Waals surface area contributed by atoms with Gasteiger partial charge >= 0.3 is 0 Å². The van der Waals surface area contributed by atoms with Crippen molar-refractivity contribution in [2.24, 2.45) is 0 Å². The summed E-state index contributed by atoms with van der Waals surface area (Å²) in [5.74, 6) is -0.373. The largest absolute Gasteiger partial charge is 0.497 e. The van der Waals surface area contributed by atoms with Crippen molar-refractivity contribution in [3.8, 4) is 11.5 Å². The number of ether oxygens (including phenoxy) is 2. The maximum atomic E-state index is 13.7. The Morgan fingerprint density at radius 2 is 1.85 bits per heavy atom. The Morgan fingerprint density at radius 3 is 2.45 bits per heavy atom. The molecule has 0 heterocycles. The minimum Gasteiger partial charge on any atom is -0.497 e. The van der Waals surface area contributed by atoms with E-state index in [1.807, 2.05) is 0 Å². The molecular formula is C15H13BrF2O2. The molecule has 5 heteroatoms. The van der Waals surface area contributed by atoms with Crippen molar-refractivity contribution in [1.82, 2.24) is 0 Å². The highest BCUT2D eigenvalue weighted by molar-refractivity contribution is 9.08. The van der Waals surface area contributed by atoms with Crippen LogP contribution in [0.1, 0.15) is 11.1 Å². The number of rotatable bonds is 5. The molecule has 0 unspecified atom stereocenters. The van der Waals surface area contributed by atoms with Crippen molar-refractivity contribution in [3.05, 3.63) is 59.2 Å². The molecule has 0 saturated carbocycles. The van der Waals surface area contributed by atoms with Crippen LogP contribution in [0.4, 0.5) is 8.78 Å². The van der Waals surface area contributed by atoms with Gasteiger partial charge in [-0.2, -0.15) is 0 Å². The fraction of sp³-hybridized carbons (Fsp3) is 0.200. The highest BCUT2D eigenvalue weighted by atomic mass is 79.9. The van der Waals surface area contributed by atoms with Crippen LogP contribution in [0, 0.1) is 11.6 Å². The first-order valence-electron chi connectivity index (χ1n) is 5.93. The minimum atomic E-state index is -0.462. The van der Waals surface area contributed by atoms with Gasteiger partial charge in [0.05, 0.1) is 7.11 Å². The summed E-state index contributed by atoms with van der Waals surface area (Å²) in [5.41, 5.74) is 1.15. The standard InChI is InChI=1S/C15H13BrF2O2/c1-19-12-4-3-11(13(17)7-12)9-20-15-5-2-10(8-16)6-14(15)18/h2-7H,8-9H2,1H3. The molecule has 0 N–H and O–H groups in total. The van der Waals surface area contributed by atoms with E-state index >= 15 is 0 Å². The molecule has 0 amide bonds. The molecule has 2 rings (SSSR count). The quantitative estimate of drug-likeness (QED) is 0.747. The smallest absolute Gasteiger partial charge is 0.165 e. The molecule has 0 saturated heterocycles. The van der Waals surface area contributed by atoms with Gasteiger partial charge in [0.15, 0.2) is 11.6 Å². The Bertz CT molecular complexity index is 549. The van der Waals surface area contributed by atoms with Crippen LogP contribution < -0.4 is 9.47 Å². The molecule has 106 valence electrons. The second kappa shape index (κ2) is 6.70. The molecule has 0 bridgehead atoms. The molecule has 2 nitrogen and oxygen atoms in total. The number of halogens is 3. The number of hydrogen-bond donors (Lipinski definition) is 0. The molecule has 0 fully saturated rings. The number of alkyl halides is 1. The molecule has 2 aromatic rings. The Hall–Kier alpha value is -1.62. The van der Waals surface area contributed by atoms with Gasteiger partial charge in [-0.3, -0.25) is 0 Å². The third-order valence-corrected chi connectivity index (χ3v) is 3.44. The molecule has 20 heavy (non-hydrogen) atoms. The molecule has 0 aliphatic carbocycles. The van der Waals surface area contributed by atoms with Gasteiger partial charge in [-0.15, -0.1) is 0 Å². The summed E-state index contributed by atoms with van der Waals surface area (Å²) in [6.07, 6.45) is 0. The molecule has 0 radical (unpaired) electrons. The Kier molecular flexibility index (Phi) is 4.95. The summed E-state index contributed by atoms with van der Waals surface area (Å²) in [4.78, 5) is 0. The van der Waals surface area contributed by atoms with Crippen molar-refractivity contribution >= 4 is 15.9 Å². The van der Waals surface area contributed by atoms with E-state index in [1.54, 1.807) is 18.2 Å². The monoisotopic (exact) mass is 342 g/mol. The van der Waals surface area contributed by atoms with E-state index in [-0.39, 0.29) is 12.4 Å². The first kappa shape index (κ1) is 14.8. The predicted molar refractivity (Wildman–Crippen MR) is 76.3 cm³/mol. The van der Waals surface area contributed by atoms with Crippen LogP contribution in [0.5, 0.6) is 11.5 Å². The molecule has 0 aliphatic rings. The van der Waals surface area contributed by atoms with Gasteiger partial charge in [0.2, 0.25) is 0 Å². The number of benzene rings is 2. The lowest BCUT2D eigenvalue weighted by atomic mass is 10.2. The Balaban J connectivity index is 2.09. The van der Waals surface area contributed by atoms with Gasteiger partial charge in [-0.1, -0.05) is 22.0 Å². The number of methoxy groups -OCH3 is 1. The predicted octanol–water partition coefficient (Wildman–Crippen LogP) is 4.45. The van der Waals surface area contributed by atoms with Crippen molar-refractivity contribution in [3.63, 3.8) is 0 Å². The second-order valence-electron chi connectivity index (χ2n) is 4.14. The zero-order valence-corrected chi connectivity index (χ0v) is 12.4. The lowest BCUT2D eigenvalue weighted by Gasteiger charge is -2.09. The second-order valence-corrected chi connectivity index (χ2v) is 4.71. The van der Waals surface area contributed by atoms with Crippen molar-refractivity contribution < 1.29 is 18.3 Å². The van der Waals surface area contributed by atoms with Gasteiger partial charge in [0.25, 0.3) is 0 Å². The van der Waals surface area contributed by atoms with E-state index in [4.69, 9.17) is 9.47 Å². The highest BCUT2D eigenvalue weighted by Crippen LogP contribution is 2.22. The van der Waals surface area contributed by atoms with E-state index in [9.17, 15) is 8.78 Å². The summed E-state index contributed by atoms with van der Waals surface area (Å²) in [5, 5.41) is 0.567. The molecule has 0 atom stereocenters. The first-order valence-corrected chi connectivity index (χ1v) is 7.06. The molecule has 0 aromatic heterocycles. The van der Waals surface area contributed by atoms with Crippen LogP contribution in [0.2, 0.25) is 0 Å². The van der Waals surface area contributed by atoms with Crippen LogP contribution in [-0.4, -0.2) is 7.11 Å². The summed E-state index contributed by atoms with van der Waals surface area (Å²) in [6, 6.07) is 9.12. The van der Waals surface area contributed by atoms with Crippen LogP contribution >= 0.6 is 15.9 Å². The van der Waals surface area contributed by atoms with Crippen LogP contribution in [-0.2, 0) is 11.9 Å². The molecule has 2 aromatic carbocycles. The van der Waals surface area contributed by atoms with Gasteiger partial charge in [0, 0.05) is 17.0 Å². The number of hydrogen-bond acceptors (Lipinski definition) is 2. The zero-order valence-electron chi connectivity index (χ0n) is 10.8. The van der Waals surface area contributed by atoms with E-state index in [0.29, 0.717) is 16.6 Å². The Morgan fingerprint density at radius 1 is 1.05 bits per heavy atom. The van der Waals surface area contributed by atoms with E-state index < -0.39 is 11.6 Å². The Labute approximate surface area is 124 Å². The van der Waals surface area contributed by atoms with Crippen LogP contribution in [0.25, 0.3) is 0 Å². The van der Waals surface area contributed by atoms with Gasteiger partial charge in [-0.25, -0.2) is 8.78 Å². The summed E-state index contributed by atoms with van der Waals surface area (Å²) >= 11 is 3.25. The molecule has 0 aliphatic heterocycles. The van der Waals surface area contributed by atoms with Crippen molar-refractivity contribution in [2.45, 2.75) is 11.9 Å².